The predicted octanol–water partition coefficient (Wildman–Crippen LogP) is 2.96. The molecule has 0 saturated carbocycles. The van der Waals surface area contributed by atoms with Crippen molar-refractivity contribution in [1.29, 1.82) is 0 Å². The molecule has 0 bridgehead atoms. The van der Waals surface area contributed by atoms with Crippen LogP contribution in [-0.4, -0.2) is 85.8 Å². The van der Waals surface area contributed by atoms with Gasteiger partial charge in [-0.2, -0.15) is 0 Å². The van der Waals surface area contributed by atoms with Crippen LogP contribution in [0.15, 0.2) is 47.5 Å². The van der Waals surface area contributed by atoms with Crippen LogP contribution in [0.1, 0.15) is 24.3 Å². The number of anilines is 1. The Hall–Kier alpha value is -2.85. The summed E-state index contributed by atoms with van der Waals surface area (Å²) in [5, 5.41) is 10.2. The van der Waals surface area contributed by atoms with E-state index in [1.54, 1.807) is 36.2 Å². The molecule has 3 heterocycles. The van der Waals surface area contributed by atoms with Gasteiger partial charge in [0.05, 0.1) is 10.9 Å². The van der Waals surface area contributed by atoms with Crippen molar-refractivity contribution in [1.82, 2.24) is 14.8 Å². The van der Waals surface area contributed by atoms with E-state index in [9.17, 15) is 23.1 Å². The smallest absolute Gasteiger partial charge is 0.407 e. The summed E-state index contributed by atoms with van der Waals surface area (Å²) in [6.07, 6.45) is 2.79. The topological polar surface area (TPSA) is 111 Å². The first kappa shape index (κ1) is 25.2. The van der Waals surface area contributed by atoms with Crippen LogP contribution in [-0.2, 0) is 14.6 Å². The van der Waals surface area contributed by atoms with Crippen molar-refractivity contribution < 1.29 is 23.1 Å². The van der Waals surface area contributed by atoms with Gasteiger partial charge in [0.1, 0.15) is 5.82 Å². The monoisotopic (exact) mass is 520 g/mol. The van der Waals surface area contributed by atoms with E-state index in [0.29, 0.717) is 49.9 Å². The Morgan fingerprint density at radius 3 is 2.29 bits per heavy atom. The molecule has 35 heavy (non-hydrogen) atoms. The molecule has 1 N–H and O–H groups in total. The molecule has 0 radical (unpaired) electrons. The number of pyridine rings is 1. The zero-order valence-corrected chi connectivity index (χ0v) is 21.2. The van der Waals surface area contributed by atoms with Gasteiger partial charge in [0.25, 0.3) is 0 Å². The molecular weight excluding hydrogens is 492 g/mol. The number of halogens is 1. The van der Waals surface area contributed by atoms with E-state index in [1.807, 2.05) is 12.1 Å². The van der Waals surface area contributed by atoms with E-state index in [1.165, 1.54) is 11.1 Å². The second kappa shape index (κ2) is 10.0. The van der Waals surface area contributed by atoms with Crippen LogP contribution in [0.3, 0.4) is 0 Å². The highest BCUT2D eigenvalue weighted by Crippen LogP contribution is 2.34. The maximum atomic E-state index is 13.4. The minimum Gasteiger partial charge on any atom is -0.465 e. The maximum absolute atomic E-state index is 13.4. The Morgan fingerprint density at radius 2 is 1.74 bits per heavy atom. The lowest BCUT2D eigenvalue weighted by molar-refractivity contribution is -0.135. The molecule has 2 aromatic rings. The number of benzene rings is 1. The van der Waals surface area contributed by atoms with Crippen molar-refractivity contribution in [3.05, 3.63) is 53.2 Å². The summed E-state index contributed by atoms with van der Waals surface area (Å²) in [7, 11) is -1.75. The highest BCUT2D eigenvalue weighted by atomic mass is 35.5. The van der Waals surface area contributed by atoms with E-state index in [0.717, 1.165) is 11.8 Å². The summed E-state index contributed by atoms with van der Waals surface area (Å²) >= 11 is 6.03. The molecule has 0 unspecified atom stereocenters. The van der Waals surface area contributed by atoms with Gasteiger partial charge in [0.15, 0.2) is 9.84 Å². The Labute approximate surface area is 210 Å². The number of amides is 2. The minimum atomic E-state index is -3.30. The Bertz CT molecular complexity index is 1180. The number of hydrogen-bond acceptors (Lipinski definition) is 6. The summed E-state index contributed by atoms with van der Waals surface area (Å²) in [4.78, 5) is 34.7. The molecule has 2 aliphatic heterocycles. The Kier molecular flexibility index (Phi) is 7.23. The summed E-state index contributed by atoms with van der Waals surface area (Å²) in [6.45, 7) is 2.07. The van der Waals surface area contributed by atoms with Crippen molar-refractivity contribution in [3.63, 3.8) is 0 Å². The summed E-state index contributed by atoms with van der Waals surface area (Å²) in [5.41, 5.74) is 0.959. The van der Waals surface area contributed by atoms with Crippen LogP contribution in [0.2, 0.25) is 5.02 Å². The third-order valence-electron chi connectivity index (χ3n) is 7.02. The van der Waals surface area contributed by atoms with Crippen molar-refractivity contribution in [2.24, 2.45) is 5.92 Å². The van der Waals surface area contributed by atoms with Crippen molar-refractivity contribution >= 4 is 39.3 Å². The normalized spacial score (nSPS) is 21.2. The van der Waals surface area contributed by atoms with E-state index >= 15 is 0 Å². The van der Waals surface area contributed by atoms with Gasteiger partial charge < -0.3 is 19.8 Å². The van der Waals surface area contributed by atoms with Crippen LogP contribution in [0.5, 0.6) is 0 Å². The molecule has 0 spiro atoms. The van der Waals surface area contributed by atoms with Crippen LogP contribution in [0.4, 0.5) is 10.6 Å². The number of nitrogens with zero attached hydrogens (tertiary/aromatic N) is 4. The molecule has 2 aliphatic rings. The number of sulfone groups is 1. The molecule has 2 fully saturated rings. The van der Waals surface area contributed by atoms with E-state index in [-0.39, 0.29) is 28.7 Å². The number of piperidine rings is 1. The maximum Gasteiger partial charge on any atom is 0.407 e. The highest BCUT2D eigenvalue weighted by Gasteiger charge is 2.42. The number of rotatable bonds is 5. The average Bonchev–Trinajstić information content (AvgIpc) is 3.28. The van der Waals surface area contributed by atoms with E-state index < -0.39 is 15.9 Å². The molecule has 9 nitrogen and oxygen atoms in total. The molecule has 188 valence electrons. The molecule has 2 atom stereocenters. The largest absolute Gasteiger partial charge is 0.465 e. The second-order valence-corrected chi connectivity index (χ2v) is 11.7. The average molecular weight is 521 g/mol. The fraction of sp³-hybridized carbons (Fsp3) is 0.458. The van der Waals surface area contributed by atoms with Crippen LogP contribution >= 0.6 is 11.6 Å². The Balaban J connectivity index is 1.42. The molecule has 2 amide bonds. The minimum absolute atomic E-state index is 0.0466. The van der Waals surface area contributed by atoms with Crippen LogP contribution in [0.25, 0.3) is 0 Å². The zero-order chi connectivity index (χ0) is 25.3. The predicted molar refractivity (Wildman–Crippen MR) is 133 cm³/mol. The molecule has 2 saturated heterocycles. The summed E-state index contributed by atoms with van der Waals surface area (Å²) in [6, 6.07) is 10.3. The number of aromatic nitrogens is 1. The first-order valence-electron chi connectivity index (χ1n) is 11.5. The number of carboxylic acid groups (broad SMARTS) is 1. The molecule has 1 aromatic carbocycles. The number of carbonyl (C=O) groups excluding carboxylic acids is 1. The van der Waals surface area contributed by atoms with Crippen molar-refractivity contribution in [3.8, 4) is 0 Å². The number of carbonyl (C=O) groups is 2. The first-order chi connectivity index (χ1) is 16.5. The SMILES string of the molecule is CN(C(=O)O)[C@@H]1CN(C(=O)C2CCN(c3ccc(S(C)(=O)=O)cn3)CC2)C[C@H]1c1ccc(Cl)cc1. The third kappa shape index (κ3) is 5.54. The van der Waals surface area contributed by atoms with Gasteiger partial charge in [-0.15, -0.1) is 0 Å². The Morgan fingerprint density at radius 1 is 1.09 bits per heavy atom. The fourth-order valence-corrected chi connectivity index (χ4v) is 5.62. The molecule has 1 aromatic heterocycles. The van der Waals surface area contributed by atoms with Gasteiger partial charge in [0.2, 0.25) is 5.91 Å². The van der Waals surface area contributed by atoms with Crippen molar-refractivity contribution in [2.75, 3.05) is 44.4 Å². The van der Waals surface area contributed by atoms with Gasteiger partial charge in [-0.05, 0) is 42.7 Å². The van der Waals surface area contributed by atoms with Crippen molar-refractivity contribution in [2.45, 2.75) is 29.7 Å². The second-order valence-electron chi connectivity index (χ2n) is 9.25. The van der Waals surface area contributed by atoms with Gasteiger partial charge in [-0.25, -0.2) is 18.2 Å². The van der Waals surface area contributed by atoms with Gasteiger partial charge in [-0.1, -0.05) is 23.7 Å². The van der Waals surface area contributed by atoms with E-state index in [2.05, 4.69) is 9.88 Å². The molecular formula is C24H29ClN4O5S. The molecule has 4 rings (SSSR count). The van der Waals surface area contributed by atoms with Gasteiger partial charge in [-0.3, -0.25) is 4.79 Å². The summed E-state index contributed by atoms with van der Waals surface area (Å²) < 4.78 is 23.3. The highest BCUT2D eigenvalue weighted by molar-refractivity contribution is 7.90. The lowest BCUT2D eigenvalue weighted by Crippen LogP contribution is -2.44. The third-order valence-corrected chi connectivity index (χ3v) is 8.36. The van der Waals surface area contributed by atoms with Crippen LogP contribution in [0, 0.1) is 5.92 Å². The summed E-state index contributed by atoms with van der Waals surface area (Å²) in [5.74, 6) is 0.456. The zero-order valence-electron chi connectivity index (χ0n) is 19.7. The quantitative estimate of drug-likeness (QED) is 0.645. The van der Waals surface area contributed by atoms with Crippen LogP contribution < -0.4 is 4.90 Å². The first-order valence-corrected chi connectivity index (χ1v) is 13.7. The lowest BCUT2D eigenvalue weighted by Gasteiger charge is -2.34. The number of hydrogen-bond donors (Lipinski definition) is 1. The number of likely N-dealkylation sites (N-methyl/N-ethyl adjacent to an activating group) is 1. The standard InChI is InChI=1S/C24H29ClN4O5S/c1-27(24(31)32)21-15-29(14-20(21)16-3-5-18(25)6-4-16)23(30)17-9-11-28(12-10-17)22-8-7-19(13-26-22)35(2,33)34/h3-8,13,17,20-21H,9-12,14-15H2,1-2H3,(H,31,32)/t20-,21+/m0/s1. The lowest BCUT2D eigenvalue weighted by atomic mass is 9.93. The number of likely N-dealkylation sites (tertiary alicyclic amines) is 1. The van der Waals surface area contributed by atoms with Gasteiger partial charge >= 0.3 is 6.09 Å². The van der Waals surface area contributed by atoms with Gasteiger partial charge in [0, 0.05) is 62.5 Å². The fourth-order valence-electron chi connectivity index (χ4n) is 4.93. The van der Waals surface area contributed by atoms with E-state index in [4.69, 9.17) is 11.6 Å². The molecule has 0 aliphatic carbocycles. The molecule has 11 heteroatoms.